The summed E-state index contributed by atoms with van der Waals surface area (Å²) in [5.74, 6) is 0. The summed E-state index contributed by atoms with van der Waals surface area (Å²) in [6.45, 7) is 0.501. The van der Waals surface area contributed by atoms with Crippen molar-refractivity contribution in [3.63, 3.8) is 0 Å². The molecular weight excluding hydrogens is 390 g/mol. The van der Waals surface area contributed by atoms with E-state index in [2.05, 4.69) is 15.9 Å². The molecule has 2 aromatic carbocycles. The summed E-state index contributed by atoms with van der Waals surface area (Å²) in [4.78, 5) is 18.2. The van der Waals surface area contributed by atoms with Crippen LogP contribution in [0.3, 0.4) is 0 Å². The summed E-state index contributed by atoms with van der Waals surface area (Å²) in [7, 11) is 0. The standard InChI is InChI=1S/C21H14BrN3O/c22-16-10-6-9-15-18(16)19-20(24-12-5-4-11-17(24)23-19)25(21(15)26)13-14-7-2-1-3-8-14/h1-12H,13H2. The van der Waals surface area contributed by atoms with Crippen LogP contribution in [0.2, 0.25) is 0 Å². The zero-order valence-corrected chi connectivity index (χ0v) is 15.3. The van der Waals surface area contributed by atoms with E-state index in [0.29, 0.717) is 11.9 Å². The van der Waals surface area contributed by atoms with Crippen molar-refractivity contribution in [2.75, 3.05) is 0 Å². The summed E-state index contributed by atoms with van der Waals surface area (Å²) < 4.78 is 4.69. The highest BCUT2D eigenvalue weighted by atomic mass is 79.9. The fourth-order valence-electron chi connectivity index (χ4n) is 3.51. The number of hydrogen-bond donors (Lipinski definition) is 0. The monoisotopic (exact) mass is 403 g/mol. The van der Waals surface area contributed by atoms with Crippen molar-refractivity contribution in [3.8, 4) is 0 Å². The number of halogens is 1. The van der Waals surface area contributed by atoms with E-state index in [9.17, 15) is 4.79 Å². The zero-order chi connectivity index (χ0) is 17.7. The molecule has 5 rings (SSSR count). The van der Waals surface area contributed by atoms with Gasteiger partial charge in [-0.3, -0.25) is 13.8 Å². The summed E-state index contributed by atoms with van der Waals surface area (Å²) in [6, 6.07) is 21.6. The van der Waals surface area contributed by atoms with Gasteiger partial charge in [-0.2, -0.15) is 0 Å². The number of aromatic nitrogens is 3. The van der Waals surface area contributed by atoms with Crippen LogP contribution in [0.25, 0.3) is 27.6 Å². The number of nitrogens with zero attached hydrogens (tertiary/aromatic N) is 3. The second kappa shape index (κ2) is 5.81. The lowest BCUT2D eigenvalue weighted by molar-refractivity contribution is 0.787. The Morgan fingerprint density at radius 1 is 0.923 bits per heavy atom. The molecule has 0 unspecified atom stereocenters. The average molecular weight is 404 g/mol. The molecule has 126 valence electrons. The lowest BCUT2D eigenvalue weighted by atomic mass is 10.1. The molecule has 0 fully saturated rings. The lowest BCUT2D eigenvalue weighted by Crippen LogP contribution is -2.22. The van der Waals surface area contributed by atoms with Crippen LogP contribution in [0.4, 0.5) is 0 Å². The minimum atomic E-state index is -0.0108. The Labute approximate surface area is 157 Å². The topological polar surface area (TPSA) is 39.3 Å². The molecule has 0 amide bonds. The Kier molecular flexibility index (Phi) is 3.43. The minimum absolute atomic E-state index is 0.0108. The van der Waals surface area contributed by atoms with Crippen LogP contribution in [-0.4, -0.2) is 14.0 Å². The molecule has 3 aromatic heterocycles. The van der Waals surface area contributed by atoms with Crippen molar-refractivity contribution in [1.82, 2.24) is 14.0 Å². The van der Waals surface area contributed by atoms with E-state index >= 15 is 0 Å². The van der Waals surface area contributed by atoms with Crippen LogP contribution in [0.5, 0.6) is 0 Å². The van der Waals surface area contributed by atoms with Crippen molar-refractivity contribution in [2.24, 2.45) is 0 Å². The molecule has 0 N–H and O–H groups in total. The van der Waals surface area contributed by atoms with Gasteiger partial charge in [0.05, 0.1) is 11.9 Å². The maximum Gasteiger partial charge on any atom is 0.260 e. The van der Waals surface area contributed by atoms with Crippen LogP contribution < -0.4 is 5.56 Å². The average Bonchev–Trinajstić information content (AvgIpc) is 3.05. The van der Waals surface area contributed by atoms with E-state index in [1.807, 2.05) is 81.9 Å². The maximum atomic E-state index is 13.3. The van der Waals surface area contributed by atoms with E-state index < -0.39 is 0 Å². The quantitative estimate of drug-likeness (QED) is 0.431. The number of imidazole rings is 1. The van der Waals surface area contributed by atoms with Crippen molar-refractivity contribution < 1.29 is 0 Å². The fraction of sp³-hybridized carbons (Fsp3) is 0.0476. The van der Waals surface area contributed by atoms with Gasteiger partial charge in [-0.25, -0.2) is 4.98 Å². The molecule has 0 saturated carbocycles. The Balaban J connectivity index is 1.99. The van der Waals surface area contributed by atoms with Crippen molar-refractivity contribution >= 4 is 43.5 Å². The van der Waals surface area contributed by atoms with E-state index in [4.69, 9.17) is 4.98 Å². The molecule has 5 heteroatoms. The van der Waals surface area contributed by atoms with Crippen LogP contribution in [0.15, 0.2) is 82.2 Å². The summed E-state index contributed by atoms with van der Waals surface area (Å²) in [5, 5.41) is 1.53. The Bertz CT molecular complexity index is 1340. The van der Waals surface area contributed by atoms with Gasteiger partial charge in [-0.05, 0) is 29.8 Å². The van der Waals surface area contributed by atoms with Crippen molar-refractivity contribution in [1.29, 1.82) is 0 Å². The van der Waals surface area contributed by atoms with Gasteiger partial charge in [-0.1, -0.05) is 58.4 Å². The second-order valence-corrected chi connectivity index (χ2v) is 7.11. The van der Waals surface area contributed by atoms with Gasteiger partial charge in [0.1, 0.15) is 16.8 Å². The van der Waals surface area contributed by atoms with Crippen LogP contribution in [0.1, 0.15) is 5.56 Å². The Morgan fingerprint density at radius 3 is 2.58 bits per heavy atom. The predicted octanol–water partition coefficient (Wildman–Crippen LogP) is 4.61. The van der Waals surface area contributed by atoms with Crippen LogP contribution in [-0.2, 0) is 6.54 Å². The van der Waals surface area contributed by atoms with Gasteiger partial charge in [-0.15, -0.1) is 0 Å². The van der Waals surface area contributed by atoms with E-state index in [0.717, 1.165) is 32.2 Å². The van der Waals surface area contributed by atoms with E-state index in [1.165, 1.54) is 0 Å². The predicted molar refractivity (Wildman–Crippen MR) is 108 cm³/mol. The third kappa shape index (κ3) is 2.21. The molecular formula is C21H14BrN3O. The van der Waals surface area contributed by atoms with Gasteiger partial charge in [0.25, 0.3) is 5.56 Å². The number of pyridine rings is 2. The summed E-state index contributed by atoms with van der Waals surface area (Å²) in [5.41, 5.74) is 3.54. The zero-order valence-electron chi connectivity index (χ0n) is 13.8. The third-order valence-corrected chi connectivity index (χ3v) is 5.33. The lowest BCUT2D eigenvalue weighted by Gasteiger charge is -2.11. The Hall–Kier alpha value is -2.92. The molecule has 5 aromatic rings. The SMILES string of the molecule is O=c1c2cccc(Br)c2c2nc3ccccn3c2n1Cc1ccccc1. The molecule has 0 aliphatic heterocycles. The first kappa shape index (κ1) is 15.3. The first-order valence-electron chi connectivity index (χ1n) is 8.36. The number of rotatable bonds is 2. The Morgan fingerprint density at radius 2 is 1.73 bits per heavy atom. The molecule has 0 aliphatic rings. The molecule has 0 spiro atoms. The van der Waals surface area contributed by atoms with Gasteiger partial charge < -0.3 is 0 Å². The molecule has 0 radical (unpaired) electrons. The molecule has 0 saturated heterocycles. The molecule has 26 heavy (non-hydrogen) atoms. The highest BCUT2D eigenvalue weighted by Crippen LogP contribution is 2.30. The van der Waals surface area contributed by atoms with E-state index in [-0.39, 0.29) is 5.56 Å². The largest absolute Gasteiger partial charge is 0.287 e. The van der Waals surface area contributed by atoms with E-state index in [1.54, 1.807) is 0 Å². The maximum absolute atomic E-state index is 13.3. The normalized spacial score (nSPS) is 11.6. The highest BCUT2D eigenvalue weighted by molar-refractivity contribution is 9.10. The number of hydrogen-bond acceptors (Lipinski definition) is 2. The smallest absolute Gasteiger partial charge is 0.260 e. The first-order valence-corrected chi connectivity index (χ1v) is 9.15. The third-order valence-electron chi connectivity index (χ3n) is 4.67. The van der Waals surface area contributed by atoms with Crippen molar-refractivity contribution in [2.45, 2.75) is 6.54 Å². The number of fused-ring (bicyclic) bond motifs is 5. The summed E-state index contributed by atoms with van der Waals surface area (Å²) >= 11 is 3.60. The first-order chi connectivity index (χ1) is 12.7. The van der Waals surface area contributed by atoms with Gasteiger partial charge in [0.2, 0.25) is 0 Å². The van der Waals surface area contributed by atoms with Crippen LogP contribution in [0, 0.1) is 0 Å². The summed E-state index contributed by atoms with van der Waals surface area (Å²) in [6.07, 6.45) is 1.95. The molecule has 0 atom stereocenters. The number of benzene rings is 2. The highest BCUT2D eigenvalue weighted by Gasteiger charge is 2.18. The van der Waals surface area contributed by atoms with Gasteiger partial charge >= 0.3 is 0 Å². The van der Waals surface area contributed by atoms with Crippen LogP contribution >= 0.6 is 15.9 Å². The molecule has 4 nitrogen and oxygen atoms in total. The minimum Gasteiger partial charge on any atom is -0.287 e. The molecule has 0 aliphatic carbocycles. The van der Waals surface area contributed by atoms with Crippen molar-refractivity contribution in [3.05, 3.63) is 93.3 Å². The molecule has 3 heterocycles. The molecule has 0 bridgehead atoms. The van der Waals surface area contributed by atoms with Gasteiger partial charge in [0.15, 0.2) is 0 Å². The fourth-order valence-corrected chi connectivity index (χ4v) is 4.06. The second-order valence-electron chi connectivity index (χ2n) is 6.25. The van der Waals surface area contributed by atoms with Gasteiger partial charge in [0, 0.05) is 16.1 Å².